The van der Waals surface area contributed by atoms with E-state index in [1.165, 1.54) is 6.20 Å². The van der Waals surface area contributed by atoms with Crippen LogP contribution in [-0.2, 0) is 16.1 Å². The maximum absolute atomic E-state index is 12.3. The highest BCUT2D eigenvalue weighted by Crippen LogP contribution is 2.15. The summed E-state index contributed by atoms with van der Waals surface area (Å²) >= 11 is 0. The van der Waals surface area contributed by atoms with Crippen molar-refractivity contribution in [3.8, 4) is 0 Å². The number of amides is 1. The Hall–Kier alpha value is -3.22. The average molecular weight is 336 g/mol. The van der Waals surface area contributed by atoms with Gasteiger partial charge in [-0.1, -0.05) is 30.3 Å². The summed E-state index contributed by atoms with van der Waals surface area (Å²) in [4.78, 5) is 32.5. The summed E-state index contributed by atoms with van der Waals surface area (Å²) in [7, 11) is 0. The van der Waals surface area contributed by atoms with E-state index in [0.717, 1.165) is 5.56 Å². The zero-order valence-electron chi connectivity index (χ0n) is 13.4. The molecular weight excluding hydrogens is 320 g/mol. The third-order valence-corrected chi connectivity index (χ3v) is 4.15. The van der Waals surface area contributed by atoms with Crippen LogP contribution in [0.15, 0.2) is 48.9 Å². The second-order valence-electron chi connectivity index (χ2n) is 5.91. The minimum atomic E-state index is -0.584. The summed E-state index contributed by atoms with van der Waals surface area (Å²) in [6.07, 6.45) is 3.70. The van der Waals surface area contributed by atoms with Crippen LogP contribution in [0.1, 0.15) is 22.3 Å². The van der Waals surface area contributed by atoms with Crippen molar-refractivity contribution in [2.24, 2.45) is 0 Å². The molecule has 1 aromatic carbocycles. The van der Waals surface area contributed by atoms with E-state index in [1.54, 1.807) is 12.4 Å². The summed E-state index contributed by atoms with van der Waals surface area (Å²) in [5.41, 5.74) is 2.86. The molecule has 0 aliphatic carbocycles. The van der Waals surface area contributed by atoms with E-state index in [9.17, 15) is 9.59 Å². The maximum Gasteiger partial charge on any atom is 0.328 e. The molecule has 1 aliphatic rings. The van der Waals surface area contributed by atoms with E-state index in [1.807, 2.05) is 34.9 Å². The molecule has 0 saturated carbocycles. The molecule has 1 saturated heterocycles. The van der Waals surface area contributed by atoms with E-state index >= 15 is 0 Å². The van der Waals surface area contributed by atoms with Crippen LogP contribution >= 0.6 is 0 Å². The van der Waals surface area contributed by atoms with Crippen LogP contribution < -0.4 is 5.32 Å². The molecule has 1 amide bonds. The summed E-state index contributed by atoms with van der Waals surface area (Å²) in [5, 5.41) is 2.67. The quantitative estimate of drug-likeness (QED) is 0.730. The largest absolute Gasteiger partial charge is 0.464 e. The van der Waals surface area contributed by atoms with Crippen molar-refractivity contribution in [3.63, 3.8) is 0 Å². The van der Waals surface area contributed by atoms with Crippen molar-refractivity contribution in [1.82, 2.24) is 19.9 Å². The number of imidazole rings is 1. The van der Waals surface area contributed by atoms with Crippen LogP contribution in [0, 0.1) is 0 Å². The number of nitrogens with one attached hydrogen (secondary N) is 1. The molecule has 25 heavy (non-hydrogen) atoms. The Morgan fingerprint density at radius 3 is 2.88 bits per heavy atom. The number of hydrogen-bond acceptors (Lipinski definition) is 5. The Kier molecular flexibility index (Phi) is 3.89. The lowest BCUT2D eigenvalue weighted by Crippen LogP contribution is -2.37. The third kappa shape index (κ3) is 3.08. The first kappa shape index (κ1) is 15.3. The van der Waals surface area contributed by atoms with Crippen LogP contribution in [0.4, 0.5) is 0 Å². The summed E-state index contributed by atoms with van der Waals surface area (Å²) in [6, 6.07) is 11.1. The molecule has 0 radical (unpaired) electrons. The van der Waals surface area contributed by atoms with Gasteiger partial charge in [-0.2, -0.15) is 0 Å². The van der Waals surface area contributed by atoms with Gasteiger partial charge in [0.25, 0.3) is 5.91 Å². The van der Waals surface area contributed by atoms with Crippen LogP contribution in [0.5, 0.6) is 0 Å². The number of carbonyl (C=O) groups excluding carboxylic acids is 2. The topological polar surface area (TPSA) is 86.1 Å². The molecule has 2 aromatic heterocycles. The fourth-order valence-electron chi connectivity index (χ4n) is 2.84. The standard InChI is InChI=1S/C18H16N4O3/c23-17(21-14-6-7-25-18(14)24)13-8-15-16(19-9-13)22(11-20-15)10-12-4-2-1-3-5-12/h1-5,8-9,11,14H,6-7,10H2,(H,21,23). The van der Waals surface area contributed by atoms with Crippen molar-refractivity contribution in [1.29, 1.82) is 0 Å². The Labute approximate surface area is 143 Å². The van der Waals surface area contributed by atoms with Crippen molar-refractivity contribution >= 4 is 23.0 Å². The molecule has 4 rings (SSSR count). The number of esters is 1. The van der Waals surface area contributed by atoms with Gasteiger partial charge in [0.15, 0.2) is 5.65 Å². The summed E-state index contributed by atoms with van der Waals surface area (Å²) < 4.78 is 6.78. The number of hydrogen-bond donors (Lipinski definition) is 1. The molecule has 0 spiro atoms. The molecule has 1 unspecified atom stereocenters. The predicted octanol–water partition coefficient (Wildman–Crippen LogP) is 1.52. The molecule has 7 heteroatoms. The molecule has 1 fully saturated rings. The molecule has 126 valence electrons. The van der Waals surface area contributed by atoms with Crippen molar-refractivity contribution in [3.05, 3.63) is 60.0 Å². The number of fused-ring (bicyclic) bond motifs is 1. The van der Waals surface area contributed by atoms with E-state index in [4.69, 9.17) is 4.74 Å². The van der Waals surface area contributed by atoms with Crippen molar-refractivity contribution in [2.45, 2.75) is 19.0 Å². The first-order valence-corrected chi connectivity index (χ1v) is 8.03. The predicted molar refractivity (Wildman–Crippen MR) is 89.9 cm³/mol. The van der Waals surface area contributed by atoms with Gasteiger partial charge in [-0.25, -0.2) is 14.8 Å². The molecule has 1 N–H and O–H groups in total. The third-order valence-electron chi connectivity index (χ3n) is 4.15. The lowest BCUT2D eigenvalue weighted by molar-refractivity contribution is -0.139. The lowest BCUT2D eigenvalue weighted by atomic mass is 10.2. The van der Waals surface area contributed by atoms with Gasteiger partial charge in [0.2, 0.25) is 0 Å². The Morgan fingerprint density at radius 2 is 2.12 bits per heavy atom. The second kappa shape index (κ2) is 6.35. The Bertz CT molecular complexity index is 936. The highest BCUT2D eigenvalue weighted by Gasteiger charge is 2.28. The fourth-order valence-corrected chi connectivity index (χ4v) is 2.84. The smallest absolute Gasteiger partial charge is 0.328 e. The van der Waals surface area contributed by atoms with Crippen molar-refractivity contribution < 1.29 is 14.3 Å². The molecule has 0 bridgehead atoms. The van der Waals surface area contributed by atoms with Gasteiger partial charge in [-0.05, 0) is 11.6 Å². The van der Waals surface area contributed by atoms with Gasteiger partial charge in [0.05, 0.1) is 25.0 Å². The molecule has 1 aliphatic heterocycles. The normalized spacial score (nSPS) is 16.8. The zero-order valence-corrected chi connectivity index (χ0v) is 13.4. The van der Waals surface area contributed by atoms with Crippen LogP contribution in [0.2, 0.25) is 0 Å². The highest BCUT2D eigenvalue weighted by molar-refractivity contribution is 5.98. The lowest BCUT2D eigenvalue weighted by Gasteiger charge is -2.08. The minimum absolute atomic E-state index is 0.338. The number of rotatable bonds is 4. The minimum Gasteiger partial charge on any atom is -0.464 e. The summed E-state index contributed by atoms with van der Waals surface area (Å²) in [6.45, 7) is 0.995. The molecule has 3 aromatic rings. The van der Waals surface area contributed by atoms with Crippen molar-refractivity contribution in [2.75, 3.05) is 6.61 Å². The first-order chi connectivity index (χ1) is 12.2. The van der Waals surface area contributed by atoms with Gasteiger partial charge in [-0.3, -0.25) is 4.79 Å². The molecule has 3 heterocycles. The zero-order chi connectivity index (χ0) is 17.2. The highest BCUT2D eigenvalue weighted by atomic mass is 16.5. The van der Waals surface area contributed by atoms with Crippen LogP contribution in [0.3, 0.4) is 0 Å². The number of nitrogens with zero attached hydrogens (tertiary/aromatic N) is 3. The molecule has 1 atom stereocenters. The number of ether oxygens (including phenoxy) is 1. The van der Waals surface area contributed by atoms with Gasteiger partial charge in [0.1, 0.15) is 11.6 Å². The number of pyridine rings is 1. The SMILES string of the molecule is O=C(NC1CCOC1=O)c1cnc2c(c1)ncn2Cc1ccccc1. The Balaban J connectivity index is 1.55. The average Bonchev–Trinajstić information content (AvgIpc) is 3.22. The van der Waals surface area contributed by atoms with Gasteiger partial charge < -0.3 is 14.6 Å². The van der Waals surface area contributed by atoms with Gasteiger partial charge in [-0.15, -0.1) is 0 Å². The number of carbonyl (C=O) groups is 2. The van der Waals surface area contributed by atoms with Gasteiger partial charge in [0, 0.05) is 12.6 Å². The second-order valence-corrected chi connectivity index (χ2v) is 5.91. The molecular formula is C18H16N4O3. The monoisotopic (exact) mass is 336 g/mol. The van der Waals surface area contributed by atoms with Gasteiger partial charge >= 0.3 is 5.97 Å². The number of aromatic nitrogens is 3. The van der Waals surface area contributed by atoms with E-state index in [2.05, 4.69) is 15.3 Å². The first-order valence-electron chi connectivity index (χ1n) is 8.03. The maximum atomic E-state index is 12.3. The van der Waals surface area contributed by atoms with E-state index in [0.29, 0.717) is 36.3 Å². The fraction of sp³-hybridized carbons (Fsp3) is 0.222. The van der Waals surface area contributed by atoms with E-state index in [-0.39, 0.29) is 5.91 Å². The number of benzene rings is 1. The summed E-state index contributed by atoms with van der Waals surface area (Å²) in [5.74, 6) is -0.745. The molecule has 7 nitrogen and oxygen atoms in total. The van der Waals surface area contributed by atoms with Crippen LogP contribution in [-0.4, -0.2) is 39.1 Å². The Morgan fingerprint density at radius 1 is 1.28 bits per heavy atom. The number of cyclic esters (lactones) is 1. The van der Waals surface area contributed by atoms with E-state index < -0.39 is 12.0 Å². The van der Waals surface area contributed by atoms with Crippen LogP contribution in [0.25, 0.3) is 11.2 Å².